The highest BCUT2D eigenvalue weighted by Gasteiger charge is 2.52. The van der Waals surface area contributed by atoms with E-state index in [0.717, 1.165) is 4.90 Å². The largest absolute Gasteiger partial charge is 0.477 e. The second-order valence-corrected chi connectivity index (χ2v) is 11.3. The molecule has 3 heterocycles. The SMILES string of the molecule is CCN1CCN(C(=O)N[C@@H](C(=O)NC(SC(C)=O)C2=C(C(=O)O)N3C(=O)[C@H](C)[C@H]3SC2)[C@H](C)O)C(=O)C1=O. The van der Waals surface area contributed by atoms with Crippen LogP contribution < -0.4 is 10.6 Å². The Morgan fingerprint density at radius 1 is 1.13 bits per heavy atom. The van der Waals surface area contributed by atoms with E-state index in [1.807, 2.05) is 0 Å². The van der Waals surface area contributed by atoms with E-state index >= 15 is 0 Å². The highest BCUT2D eigenvalue weighted by molar-refractivity contribution is 8.14. The van der Waals surface area contributed by atoms with Gasteiger partial charge in [0.2, 0.25) is 11.8 Å². The van der Waals surface area contributed by atoms with Crippen LogP contribution in [0, 0.1) is 5.92 Å². The maximum Gasteiger partial charge on any atom is 0.352 e. The van der Waals surface area contributed by atoms with Crippen molar-refractivity contribution < 1.29 is 43.8 Å². The van der Waals surface area contributed by atoms with Crippen LogP contribution in [0.25, 0.3) is 0 Å². The number of thioether (sulfide) groups is 2. The van der Waals surface area contributed by atoms with Crippen LogP contribution in [0.5, 0.6) is 0 Å². The molecule has 3 aliphatic heterocycles. The minimum atomic E-state index is -1.62. The van der Waals surface area contributed by atoms with E-state index in [0.29, 0.717) is 16.7 Å². The van der Waals surface area contributed by atoms with Gasteiger partial charge in [-0.05, 0) is 13.8 Å². The Kier molecular flexibility index (Phi) is 9.09. The maximum atomic E-state index is 13.2. The molecular formula is C22H29N5O9S2. The zero-order valence-electron chi connectivity index (χ0n) is 21.1. The molecule has 2 fully saturated rings. The van der Waals surface area contributed by atoms with Gasteiger partial charge in [-0.15, -0.1) is 11.8 Å². The van der Waals surface area contributed by atoms with E-state index in [-0.39, 0.29) is 47.9 Å². The number of carbonyl (C=O) groups is 7. The number of fused-ring (bicyclic) bond motifs is 1. The van der Waals surface area contributed by atoms with Gasteiger partial charge in [-0.1, -0.05) is 18.7 Å². The molecule has 3 aliphatic rings. The number of imide groups is 1. The number of β-lactam (4-membered cyclic amide) rings is 1. The first-order valence-electron chi connectivity index (χ1n) is 11.8. The Balaban J connectivity index is 1.83. The number of aliphatic carboxylic acids is 1. The van der Waals surface area contributed by atoms with Gasteiger partial charge in [0.15, 0.2) is 5.12 Å². The van der Waals surface area contributed by atoms with E-state index in [4.69, 9.17) is 0 Å². The number of amides is 6. The summed E-state index contributed by atoms with van der Waals surface area (Å²) in [5.41, 5.74) is -0.217. The molecule has 5 atom stereocenters. The lowest BCUT2D eigenvalue weighted by molar-refractivity contribution is -0.153. The number of nitrogens with zero attached hydrogens (tertiary/aromatic N) is 3. The number of likely N-dealkylation sites (N-methyl/N-ethyl adjacent to an activating group) is 1. The fourth-order valence-electron chi connectivity index (χ4n) is 4.26. The van der Waals surface area contributed by atoms with Gasteiger partial charge < -0.3 is 25.7 Å². The van der Waals surface area contributed by atoms with Crippen molar-refractivity contribution in [2.45, 2.75) is 50.6 Å². The van der Waals surface area contributed by atoms with Crippen LogP contribution in [0.2, 0.25) is 0 Å². The van der Waals surface area contributed by atoms with Gasteiger partial charge in [-0.3, -0.25) is 33.8 Å². The molecule has 0 aromatic rings. The quantitative estimate of drug-likeness (QED) is 0.154. The van der Waals surface area contributed by atoms with Crippen molar-refractivity contribution >= 4 is 64.3 Å². The Hall–Kier alpha value is -3.11. The van der Waals surface area contributed by atoms with Crippen molar-refractivity contribution in [3.05, 3.63) is 11.3 Å². The zero-order chi connectivity index (χ0) is 28.5. The van der Waals surface area contributed by atoms with E-state index in [2.05, 4.69) is 10.6 Å². The summed E-state index contributed by atoms with van der Waals surface area (Å²) in [4.78, 5) is 90.0. The zero-order valence-corrected chi connectivity index (χ0v) is 22.8. The molecule has 0 aromatic carbocycles. The molecule has 0 bridgehead atoms. The van der Waals surface area contributed by atoms with Gasteiger partial charge >= 0.3 is 23.8 Å². The summed E-state index contributed by atoms with van der Waals surface area (Å²) in [7, 11) is 0. The predicted molar refractivity (Wildman–Crippen MR) is 135 cm³/mol. The summed E-state index contributed by atoms with van der Waals surface area (Å²) in [5.74, 6) is -4.99. The molecule has 208 valence electrons. The summed E-state index contributed by atoms with van der Waals surface area (Å²) in [6.07, 6.45) is -1.47. The third-order valence-electron chi connectivity index (χ3n) is 6.32. The summed E-state index contributed by atoms with van der Waals surface area (Å²) in [6.45, 7) is 6.06. The van der Waals surface area contributed by atoms with Gasteiger partial charge in [0, 0.05) is 37.9 Å². The van der Waals surface area contributed by atoms with Gasteiger partial charge in [0.05, 0.1) is 17.4 Å². The molecule has 0 aromatic heterocycles. The Morgan fingerprint density at radius 3 is 2.34 bits per heavy atom. The van der Waals surface area contributed by atoms with E-state index in [9.17, 15) is 43.8 Å². The third-order valence-corrected chi connectivity index (χ3v) is 8.73. The number of hydrogen-bond donors (Lipinski definition) is 4. The molecule has 0 spiro atoms. The van der Waals surface area contributed by atoms with E-state index in [1.54, 1.807) is 13.8 Å². The number of carboxylic acids is 1. The molecule has 16 heteroatoms. The van der Waals surface area contributed by atoms with Gasteiger partial charge in [-0.2, -0.15) is 0 Å². The van der Waals surface area contributed by atoms with Crippen LogP contribution in [0.4, 0.5) is 4.79 Å². The second-order valence-electron chi connectivity index (χ2n) is 8.88. The lowest BCUT2D eigenvalue weighted by atomic mass is 9.97. The molecule has 14 nitrogen and oxygen atoms in total. The number of urea groups is 1. The summed E-state index contributed by atoms with van der Waals surface area (Å²) < 4.78 is 0. The number of aliphatic hydroxyl groups excluding tert-OH is 1. The van der Waals surface area contributed by atoms with Gasteiger partial charge in [0.1, 0.15) is 17.1 Å². The monoisotopic (exact) mass is 571 g/mol. The molecule has 6 amide bonds. The normalized spacial score (nSPS) is 23.8. The van der Waals surface area contributed by atoms with Crippen LogP contribution in [-0.2, 0) is 28.8 Å². The van der Waals surface area contributed by atoms with Gasteiger partial charge in [0.25, 0.3) is 0 Å². The average Bonchev–Trinajstić information content (AvgIpc) is 2.86. The molecular weight excluding hydrogens is 542 g/mol. The molecule has 1 unspecified atom stereocenters. The number of nitrogens with one attached hydrogen (secondary N) is 2. The van der Waals surface area contributed by atoms with E-state index in [1.165, 1.54) is 30.5 Å². The maximum absolute atomic E-state index is 13.2. The van der Waals surface area contributed by atoms with Crippen molar-refractivity contribution in [2.75, 3.05) is 25.4 Å². The fourth-order valence-corrected chi connectivity index (χ4v) is 6.63. The van der Waals surface area contributed by atoms with Crippen molar-refractivity contribution in [1.82, 2.24) is 25.3 Å². The first-order chi connectivity index (χ1) is 17.8. The van der Waals surface area contributed by atoms with Crippen molar-refractivity contribution in [2.24, 2.45) is 5.92 Å². The minimum absolute atomic E-state index is 0.107. The lowest BCUT2D eigenvalue weighted by Gasteiger charge is -2.49. The van der Waals surface area contributed by atoms with Crippen LogP contribution in [0.15, 0.2) is 11.3 Å². The molecule has 0 radical (unpaired) electrons. The molecule has 2 saturated heterocycles. The number of carboxylic acid groups (broad SMARTS) is 1. The molecule has 38 heavy (non-hydrogen) atoms. The Labute approximate surface area is 226 Å². The molecule has 4 N–H and O–H groups in total. The molecule has 0 saturated carbocycles. The van der Waals surface area contributed by atoms with E-state index < -0.39 is 58.3 Å². The minimum Gasteiger partial charge on any atom is -0.477 e. The van der Waals surface area contributed by atoms with Crippen molar-refractivity contribution in [3.63, 3.8) is 0 Å². The summed E-state index contributed by atoms with van der Waals surface area (Å²) >= 11 is 1.90. The average molecular weight is 572 g/mol. The van der Waals surface area contributed by atoms with Gasteiger partial charge in [-0.25, -0.2) is 9.59 Å². The second kappa shape index (κ2) is 11.7. The molecule has 0 aliphatic carbocycles. The highest BCUT2D eigenvalue weighted by atomic mass is 32.2. The number of aliphatic hydroxyl groups is 1. The number of hydrogen-bond acceptors (Lipinski definition) is 10. The highest BCUT2D eigenvalue weighted by Crippen LogP contribution is 2.45. The summed E-state index contributed by atoms with van der Waals surface area (Å²) in [5, 5.41) is 22.8. The van der Waals surface area contributed by atoms with Crippen molar-refractivity contribution in [1.29, 1.82) is 0 Å². The topological polar surface area (TPSA) is 194 Å². The van der Waals surface area contributed by atoms with Crippen LogP contribution >= 0.6 is 23.5 Å². The number of carbonyl (C=O) groups excluding carboxylic acids is 6. The summed E-state index contributed by atoms with van der Waals surface area (Å²) in [6, 6.07) is -2.69. The number of rotatable bonds is 8. The standard InChI is InChI=1S/C22H29N5O9S2/c1-5-25-6-7-26(19(33)18(25)32)22(36)23-13(10(3)28)15(30)24-16(38-11(4)29)12-8-37-20-9(2)17(31)27(20)14(12)21(34)35/h9-10,13,16,20,28H,5-8H2,1-4H3,(H,23,36)(H,24,30)(H,34,35)/t9-,10-,13+,16?,20+/m0/s1. The Bertz CT molecular complexity index is 1110. The van der Waals surface area contributed by atoms with Crippen LogP contribution in [0.1, 0.15) is 27.7 Å². The fraction of sp³-hybridized carbons (Fsp3) is 0.591. The van der Waals surface area contributed by atoms with Crippen molar-refractivity contribution in [3.8, 4) is 0 Å². The lowest BCUT2D eigenvalue weighted by Crippen LogP contribution is -2.63. The van der Waals surface area contributed by atoms with Crippen LogP contribution in [0.3, 0.4) is 0 Å². The smallest absolute Gasteiger partial charge is 0.352 e. The number of piperazine rings is 1. The van der Waals surface area contributed by atoms with Crippen LogP contribution in [-0.4, -0.2) is 114 Å². The molecule has 3 rings (SSSR count). The first kappa shape index (κ1) is 29.4. The predicted octanol–water partition coefficient (Wildman–Crippen LogP) is -1.25. The third kappa shape index (κ3) is 5.66. The first-order valence-corrected chi connectivity index (χ1v) is 13.7. The Morgan fingerprint density at radius 2 is 1.79 bits per heavy atom.